The molecule has 1 aliphatic rings. The summed E-state index contributed by atoms with van der Waals surface area (Å²) in [6.45, 7) is 1.79. The van der Waals surface area contributed by atoms with E-state index in [0.717, 1.165) is 24.3 Å². The van der Waals surface area contributed by atoms with E-state index in [1.807, 2.05) is 24.3 Å². The number of ether oxygens (including phenoxy) is 2. The van der Waals surface area contributed by atoms with Crippen molar-refractivity contribution in [2.24, 2.45) is 0 Å². The first-order valence-electron chi connectivity index (χ1n) is 7.79. The Balaban J connectivity index is 1.31. The zero-order valence-electron chi connectivity index (χ0n) is 12.9. The van der Waals surface area contributed by atoms with Crippen LogP contribution in [0.1, 0.15) is 19.3 Å². The van der Waals surface area contributed by atoms with Crippen molar-refractivity contribution in [1.29, 1.82) is 0 Å². The van der Waals surface area contributed by atoms with Gasteiger partial charge in [-0.1, -0.05) is 12.1 Å². The lowest BCUT2D eigenvalue weighted by molar-refractivity contribution is -0.121. The summed E-state index contributed by atoms with van der Waals surface area (Å²) in [6, 6.07) is 7.62. The molecule has 1 aromatic heterocycles. The van der Waals surface area contributed by atoms with Crippen molar-refractivity contribution in [2.45, 2.75) is 31.9 Å². The molecular weight excluding hydrogens is 296 g/mol. The number of aryl methyl sites for hydroxylation is 1. The maximum Gasteiger partial charge on any atom is 0.220 e. The average Bonchev–Trinajstić information content (AvgIpc) is 3.08. The van der Waals surface area contributed by atoms with Gasteiger partial charge in [0.25, 0.3) is 0 Å². The van der Waals surface area contributed by atoms with Gasteiger partial charge < -0.3 is 14.8 Å². The third kappa shape index (κ3) is 4.45. The third-order valence-corrected chi connectivity index (χ3v) is 3.61. The highest BCUT2D eigenvalue weighted by Crippen LogP contribution is 2.31. The van der Waals surface area contributed by atoms with E-state index < -0.39 is 0 Å². The molecule has 1 N–H and O–H groups in total. The fourth-order valence-electron chi connectivity index (χ4n) is 2.42. The van der Waals surface area contributed by atoms with E-state index >= 15 is 0 Å². The molecule has 7 heteroatoms. The Morgan fingerprint density at radius 3 is 3.04 bits per heavy atom. The third-order valence-electron chi connectivity index (χ3n) is 3.61. The Kier molecular flexibility index (Phi) is 5.08. The van der Waals surface area contributed by atoms with Crippen LogP contribution >= 0.6 is 0 Å². The molecule has 1 aliphatic heterocycles. The Morgan fingerprint density at radius 2 is 2.22 bits per heavy atom. The van der Waals surface area contributed by atoms with Crippen LogP contribution in [0.5, 0.6) is 11.5 Å². The van der Waals surface area contributed by atoms with Gasteiger partial charge in [0.15, 0.2) is 11.5 Å². The summed E-state index contributed by atoms with van der Waals surface area (Å²) in [5.41, 5.74) is 0. The minimum atomic E-state index is -0.0275. The Hall–Kier alpha value is -2.57. The summed E-state index contributed by atoms with van der Waals surface area (Å²) >= 11 is 0. The molecule has 1 aromatic carbocycles. The molecule has 23 heavy (non-hydrogen) atoms. The smallest absolute Gasteiger partial charge is 0.220 e. The van der Waals surface area contributed by atoms with E-state index in [0.29, 0.717) is 26.1 Å². The van der Waals surface area contributed by atoms with Crippen LogP contribution in [-0.4, -0.2) is 39.9 Å². The number of aromatic nitrogens is 3. The Morgan fingerprint density at radius 1 is 1.35 bits per heavy atom. The van der Waals surface area contributed by atoms with Crippen LogP contribution in [0.25, 0.3) is 0 Å². The first-order chi connectivity index (χ1) is 11.3. The zero-order chi connectivity index (χ0) is 15.9. The molecule has 0 aliphatic carbocycles. The van der Waals surface area contributed by atoms with Crippen LogP contribution in [0.2, 0.25) is 0 Å². The van der Waals surface area contributed by atoms with Crippen molar-refractivity contribution in [1.82, 2.24) is 20.1 Å². The minimum Gasteiger partial charge on any atom is -0.486 e. The molecule has 1 amide bonds. The monoisotopic (exact) mass is 316 g/mol. The van der Waals surface area contributed by atoms with Crippen LogP contribution in [0.15, 0.2) is 36.9 Å². The molecule has 7 nitrogen and oxygen atoms in total. The number of rotatable bonds is 7. The standard InChI is InChI=1S/C16H20N4O3/c21-16(6-3-9-20-12-17-11-19-20)18-8-7-13-10-22-14-4-1-2-5-15(14)23-13/h1-2,4-5,11-13H,3,6-10H2,(H,18,21)/t13-/m0/s1. The van der Waals surface area contributed by atoms with Crippen molar-refractivity contribution < 1.29 is 14.3 Å². The van der Waals surface area contributed by atoms with Gasteiger partial charge in [-0.25, -0.2) is 4.98 Å². The van der Waals surface area contributed by atoms with Crippen molar-refractivity contribution in [3.63, 3.8) is 0 Å². The lowest BCUT2D eigenvalue weighted by atomic mass is 10.2. The van der Waals surface area contributed by atoms with E-state index in [2.05, 4.69) is 15.4 Å². The number of carbonyl (C=O) groups is 1. The van der Waals surface area contributed by atoms with Crippen molar-refractivity contribution in [3.8, 4) is 11.5 Å². The highest BCUT2D eigenvalue weighted by atomic mass is 16.6. The maximum absolute atomic E-state index is 11.8. The van der Waals surface area contributed by atoms with E-state index in [4.69, 9.17) is 9.47 Å². The second-order valence-electron chi connectivity index (χ2n) is 5.40. The molecule has 3 rings (SSSR count). The number of hydrogen-bond acceptors (Lipinski definition) is 5. The number of fused-ring (bicyclic) bond motifs is 1. The van der Waals surface area contributed by atoms with E-state index in [1.165, 1.54) is 6.33 Å². The van der Waals surface area contributed by atoms with E-state index in [-0.39, 0.29) is 12.0 Å². The maximum atomic E-state index is 11.8. The van der Waals surface area contributed by atoms with Gasteiger partial charge >= 0.3 is 0 Å². The molecule has 2 heterocycles. The second-order valence-corrected chi connectivity index (χ2v) is 5.40. The van der Waals surface area contributed by atoms with Gasteiger partial charge in [0.2, 0.25) is 5.91 Å². The normalized spacial score (nSPS) is 16.1. The summed E-state index contributed by atoms with van der Waals surface area (Å²) < 4.78 is 13.2. The van der Waals surface area contributed by atoms with Crippen LogP contribution < -0.4 is 14.8 Å². The van der Waals surface area contributed by atoms with Gasteiger partial charge in [-0.15, -0.1) is 0 Å². The molecular formula is C16H20N4O3. The Bertz CT molecular complexity index is 630. The van der Waals surface area contributed by atoms with Gasteiger partial charge in [-0.05, 0) is 18.6 Å². The number of nitrogens with zero attached hydrogens (tertiary/aromatic N) is 3. The molecule has 122 valence electrons. The summed E-state index contributed by atoms with van der Waals surface area (Å²) in [7, 11) is 0. The lowest BCUT2D eigenvalue weighted by Gasteiger charge is -2.26. The number of benzene rings is 1. The number of amides is 1. The van der Waals surface area contributed by atoms with Crippen LogP contribution in [0.3, 0.4) is 0 Å². The summed E-state index contributed by atoms with van der Waals surface area (Å²) in [5.74, 6) is 1.59. The first-order valence-corrected chi connectivity index (χ1v) is 7.79. The van der Waals surface area contributed by atoms with Gasteiger partial charge in [0.1, 0.15) is 25.4 Å². The summed E-state index contributed by atoms with van der Waals surface area (Å²) in [6.07, 6.45) is 5.06. The van der Waals surface area contributed by atoms with Crippen LogP contribution in [-0.2, 0) is 11.3 Å². The SMILES string of the molecule is O=C(CCCn1cncn1)NCC[C@H]1COc2ccccc2O1. The zero-order valence-corrected chi connectivity index (χ0v) is 12.9. The molecule has 0 unspecified atom stereocenters. The van der Waals surface area contributed by atoms with Crippen molar-refractivity contribution in [2.75, 3.05) is 13.2 Å². The Labute approximate surface area is 134 Å². The second kappa shape index (κ2) is 7.62. The molecule has 0 fully saturated rings. The number of nitrogens with one attached hydrogen (secondary N) is 1. The van der Waals surface area contributed by atoms with Crippen LogP contribution in [0.4, 0.5) is 0 Å². The molecule has 0 bridgehead atoms. The minimum absolute atomic E-state index is 0.0275. The fourth-order valence-corrected chi connectivity index (χ4v) is 2.42. The van der Waals surface area contributed by atoms with Gasteiger partial charge in [-0.2, -0.15) is 5.10 Å². The van der Waals surface area contributed by atoms with Crippen LogP contribution in [0, 0.1) is 0 Å². The van der Waals surface area contributed by atoms with Crippen molar-refractivity contribution >= 4 is 5.91 Å². The molecule has 2 aromatic rings. The average molecular weight is 316 g/mol. The van der Waals surface area contributed by atoms with Gasteiger partial charge in [-0.3, -0.25) is 9.48 Å². The molecule has 0 saturated heterocycles. The quantitative estimate of drug-likeness (QED) is 0.835. The molecule has 0 radical (unpaired) electrons. The predicted octanol–water partition coefficient (Wildman–Crippen LogP) is 1.40. The predicted molar refractivity (Wildman–Crippen MR) is 83.2 cm³/mol. The topological polar surface area (TPSA) is 78.3 Å². The summed E-state index contributed by atoms with van der Waals surface area (Å²) in [4.78, 5) is 15.6. The largest absolute Gasteiger partial charge is 0.486 e. The van der Waals surface area contributed by atoms with E-state index in [9.17, 15) is 4.79 Å². The first kappa shape index (κ1) is 15.3. The van der Waals surface area contributed by atoms with Crippen molar-refractivity contribution in [3.05, 3.63) is 36.9 Å². The lowest BCUT2D eigenvalue weighted by Crippen LogP contribution is -2.34. The molecule has 0 saturated carbocycles. The van der Waals surface area contributed by atoms with E-state index in [1.54, 1.807) is 11.0 Å². The molecule has 0 spiro atoms. The fraction of sp³-hybridized carbons (Fsp3) is 0.438. The molecule has 1 atom stereocenters. The number of carbonyl (C=O) groups excluding carboxylic acids is 1. The van der Waals surface area contributed by atoms with Gasteiger partial charge in [0.05, 0.1) is 0 Å². The number of hydrogen-bond donors (Lipinski definition) is 1. The van der Waals surface area contributed by atoms with Gasteiger partial charge in [0, 0.05) is 25.9 Å². The highest BCUT2D eigenvalue weighted by Gasteiger charge is 2.20. The highest BCUT2D eigenvalue weighted by molar-refractivity contribution is 5.75. The summed E-state index contributed by atoms with van der Waals surface area (Å²) in [5, 5.41) is 6.91. The number of para-hydroxylation sites is 2.